The van der Waals surface area contributed by atoms with Crippen molar-refractivity contribution in [1.29, 1.82) is 0 Å². The highest BCUT2D eigenvalue weighted by Gasteiger charge is 2.26. The van der Waals surface area contributed by atoms with Gasteiger partial charge in [-0.15, -0.1) is 0 Å². The third-order valence-electron chi connectivity index (χ3n) is 14.7. The largest absolute Gasteiger partial charge is 0.472 e. The van der Waals surface area contributed by atoms with E-state index in [1.165, 1.54) is 283 Å². The van der Waals surface area contributed by atoms with Gasteiger partial charge in [0.1, 0.15) is 6.61 Å². The molecule has 9 nitrogen and oxygen atoms in total. The molecule has 2 atom stereocenters. The number of carbonyl (C=O) groups excluding carboxylic acids is 2. The number of phosphoric ester groups is 1. The van der Waals surface area contributed by atoms with Gasteiger partial charge in [-0.3, -0.25) is 18.6 Å². The van der Waals surface area contributed by atoms with E-state index in [0.717, 1.165) is 32.1 Å². The molecule has 0 amide bonds. The molecule has 434 valence electrons. The van der Waals surface area contributed by atoms with E-state index in [1.807, 2.05) is 0 Å². The molecular formula is C63H124NO8P. The Bertz CT molecular complexity index is 1200. The number of carbonyl (C=O) groups is 2. The average Bonchev–Trinajstić information content (AvgIpc) is 3.38. The molecule has 0 heterocycles. The first-order valence-electron chi connectivity index (χ1n) is 32.2. The van der Waals surface area contributed by atoms with Gasteiger partial charge in [0, 0.05) is 19.4 Å². The number of unbranched alkanes of at least 4 members (excludes halogenated alkanes) is 47. The van der Waals surface area contributed by atoms with Crippen molar-refractivity contribution < 1.29 is 37.6 Å². The van der Waals surface area contributed by atoms with E-state index in [0.29, 0.717) is 6.42 Å². The Balaban J connectivity index is 3.64. The number of ether oxygens (including phenoxy) is 2. The lowest BCUT2D eigenvalue weighted by Gasteiger charge is -2.19. The van der Waals surface area contributed by atoms with E-state index in [9.17, 15) is 19.0 Å². The molecule has 0 saturated heterocycles. The third kappa shape index (κ3) is 59.8. The number of allylic oxidation sites excluding steroid dienone is 2. The van der Waals surface area contributed by atoms with Crippen molar-refractivity contribution in [3.8, 4) is 0 Å². The lowest BCUT2D eigenvalue weighted by molar-refractivity contribution is -0.161. The van der Waals surface area contributed by atoms with E-state index in [2.05, 4.69) is 26.0 Å². The number of phosphoric acid groups is 1. The van der Waals surface area contributed by atoms with Crippen LogP contribution in [0.3, 0.4) is 0 Å². The van der Waals surface area contributed by atoms with Crippen LogP contribution in [0.2, 0.25) is 0 Å². The zero-order valence-electron chi connectivity index (χ0n) is 48.7. The van der Waals surface area contributed by atoms with Gasteiger partial charge in [-0.2, -0.15) is 0 Å². The number of nitrogens with two attached hydrogens (primary N) is 1. The topological polar surface area (TPSA) is 134 Å². The fourth-order valence-electron chi connectivity index (χ4n) is 9.87. The summed E-state index contributed by atoms with van der Waals surface area (Å²) in [6, 6.07) is 0. The monoisotopic (exact) mass is 1050 g/mol. The van der Waals surface area contributed by atoms with Crippen molar-refractivity contribution in [2.75, 3.05) is 26.4 Å². The maximum absolute atomic E-state index is 12.7. The first-order valence-corrected chi connectivity index (χ1v) is 33.7. The fraction of sp³-hybridized carbons (Fsp3) is 0.937. The van der Waals surface area contributed by atoms with Gasteiger partial charge in [-0.25, -0.2) is 4.57 Å². The van der Waals surface area contributed by atoms with Crippen LogP contribution >= 0.6 is 7.82 Å². The summed E-state index contributed by atoms with van der Waals surface area (Å²) in [4.78, 5) is 35.0. The second-order valence-corrected chi connectivity index (χ2v) is 23.4. The lowest BCUT2D eigenvalue weighted by Crippen LogP contribution is -2.29. The number of hydrogen-bond donors (Lipinski definition) is 2. The molecule has 3 N–H and O–H groups in total. The van der Waals surface area contributed by atoms with Crippen LogP contribution in [0, 0.1) is 0 Å². The highest BCUT2D eigenvalue weighted by molar-refractivity contribution is 7.47. The number of esters is 2. The maximum Gasteiger partial charge on any atom is 0.472 e. The van der Waals surface area contributed by atoms with E-state index in [4.69, 9.17) is 24.3 Å². The second-order valence-electron chi connectivity index (χ2n) is 22.0. The van der Waals surface area contributed by atoms with Gasteiger partial charge in [-0.05, 0) is 38.5 Å². The minimum absolute atomic E-state index is 0.0578. The van der Waals surface area contributed by atoms with Gasteiger partial charge >= 0.3 is 19.8 Å². The quantitative estimate of drug-likeness (QED) is 0.0264. The molecule has 73 heavy (non-hydrogen) atoms. The van der Waals surface area contributed by atoms with Crippen molar-refractivity contribution in [3.05, 3.63) is 12.2 Å². The summed E-state index contributed by atoms with van der Waals surface area (Å²) < 4.78 is 33.0. The number of rotatable bonds is 62. The van der Waals surface area contributed by atoms with Gasteiger partial charge in [0.15, 0.2) is 6.10 Å². The molecule has 0 aliphatic heterocycles. The first kappa shape index (κ1) is 71.8. The highest BCUT2D eigenvalue weighted by atomic mass is 31.2. The van der Waals surface area contributed by atoms with Crippen LogP contribution in [0.15, 0.2) is 12.2 Å². The van der Waals surface area contributed by atoms with Crippen LogP contribution in [0.5, 0.6) is 0 Å². The smallest absolute Gasteiger partial charge is 0.462 e. The molecule has 0 aromatic carbocycles. The predicted molar refractivity (Wildman–Crippen MR) is 312 cm³/mol. The minimum atomic E-state index is -4.38. The van der Waals surface area contributed by atoms with Crippen LogP contribution in [-0.2, 0) is 32.7 Å². The normalized spacial score (nSPS) is 13.0. The Morgan fingerprint density at radius 2 is 0.671 bits per heavy atom. The maximum atomic E-state index is 12.7. The molecule has 0 aliphatic carbocycles. The van der Waals surface area contributed by atoms with E-state index >= 15 is 0 Å². The Labute approximate surface area is 453 Å². The Morgan fingerprint density at radius 3 is 0.973 bits per heavy atom. The van der Waals surface area contributed by atoms with Crippen molar-refractivity contribution in [1.82, 2.24) is 0 Å². The standard InChI is InChI=1S/C63H124NO8P/c1-3-5-7-9-11-13-15-16-17-18-19-20-21-22-23-24-25-26-27-28-29-30-31-32-33-34-35-36-37-38-39-40-41-42-43-44-46-48-50-52-54-56-63(66)72-61(60-71-73(67,68)70-58-57-64)59-69-62(65)55-53-51-49-47-45-14-12-10-8-6-4-2/h18-19,61H,3-17,20-60,64H2,1-2H3,(H,67,68)/b19-18-. The van der Waals surface area contributed by atoms with Crippen LogP contribution in [0.25, 0.3) is 0 Å². The highest BCUT2D eigenvalue weighted by Crippen LogP contribution is 2.43. The van der Waals surface area contributed by atoms with Crippen molar-refractivity contribution in [2.24, 2.45) is 5.73 Å². The van der Waals surface area contributed by atoms with Gasteiger partial charge in [0.25, 0.3) is 0 Å². The summed E-state index contributed by atoms with van der Waals surface area (Å²) in [7, 11) is -4.38. The van der Waals surface area contributed by atoms with Gasteiger partial charge in [0.05, 0.1) is 13.2 Å². The van der Waals surface area contributed by atoms with E-state index in [-0.39, 0.29) is 38.6 Å². The minimum Gasteiger partial charge on any atom is -0.462 e. The van der Waals surface area contributed by atoms with Crippen molar-refractivity contribution in [3.63, 3.8) is 0 Å². The molecule has 0 saturated carbocycles. The van der Waals surface area contributed by atoms with Gasteiger partial charge in [0.2, 0.25) is 0 Å². The van der Waals surface area contributed by atoms with Crippen molar-refractivity contribution in [2.45, 2.75) is 354 Å². The zero-order valence-corrected chi connectivity index (χ0v) is 49.6. The molecule has 2 unspecified atom stereocenters. The number of hydrogen-bond acceptors (Lipinski definition) is 8. The van der Waals surface area contributed by atoms with E-state index < -0.39 is 26.5 Å². The summed E-state index contributed by atoms with van der Waals surface area (Å²) in [5.74, 6) is -0.809. The summed E-state index contributed by atoms with van der Waals surface area (Å²) in [5.41, 5.74) is 5.37. The van der Waals surface area contributed by atoms with Crippen LogP contribution in [-0.4, -0.2) is 49.3 Å². The molecule has 0 aromatic rings. The van der Waals surface area contributed by atoms with Crippen molar-refractivity contribution >= 4 is 19.8 Å². The SMILES string of the molecule is CCCCCCCCCC/C=C\CCCCCCCCCCCCCCCCCCCCCCCCCCCCCCCC(=O)OC(COC(=O)CCCCCCCCCCCCC)COP(=O)(O)OCCN. The van der Waals surface area contributed by atoms with Crippen LogP contribution in [0.4, 0.5) is 0 Å². The molecule has 0 aromatic heterocycles. The Hall–Kier alpha value is -1.25. The summed E-state index contributed by atoms with van der Waals surface area (Å²) in [6.07, 6.45) is 70.5. The molecular weight excluding hydrogens is 930 g/mol. The summed E-state index contributed by atoms with van der Waals surface area (Å²) in [5, 5.41) is 0. The fourth-order valence-corrected chi connectivity index (χ4v) is 10.6. The van der Waals surface area contributed by atoms with Gasteiger partial charge < -0.3 is 20.1 Å². The molecule has 0 spiro atoms. The second kappa shape index (κ2) is 60.0. The predicted octanol–water partition coefficient (Wildman–Crippen LogP) is 20.4. The molecule has 0 rings (SSSR count). The third-order valence-corrected chi connectivity index (χ3v) is 15.6. The molecule has 0 aliphatic rings. The molecule has 10 heteroatoms. The Kier molecular flexibility index (Phi) is 59.0. The van der Waals surface area contributed by atoms with Crippen LogP contribution < -0.4 is 5.73 Å². The zero-order chi connectivity index (χ0) is 53.1. The summed E-state index contributed by atoms with van der Waals surface area (Å²) in [6.45, 7) is 3.79. The molecule has 0 fully saturated rings. The molecule has 0 bridgehead atoms. The molecule has 0 radical (unpaired) electrons. The van der Waals surface area contributed by atoms with E-state index in [1.54, 1.807) is 0 Å². The lowest BCUT2D eigenvalue weighted by atomic mass is 10.0. The van der Waals surface area contributed by atoms with Gasteiger partial charge in [-0.1, -0.05) is 309 Å². The summed E-state index contributed by atoms with van der Waals surface area (Å²) >= 11 is 0. The average molecular weight is 1050 g/mol. The Morgan fingerprint density at radius 1 is 0.397 bits per heavy atom. The first-order chi connectivity index (χ1) is 35.8. The van der Waals surface area contributed by atoms with Crippen LogP contribution in [0.1, 0.15) is 348 Å².